The molecule has 0 fully saturated rings. The Kier molecular flexibility index (Phi) is 3.95. The van der Waals surface area contributed by atoms with Gasteiger partial charge in [0.25, 0.3) is 5.69 Å². The highest BCUT2D eigenvalue weighted by atomic mass is 16.6. The van der Waals surface area contributed by atoms with Gasteiger partial charge in [0, 0.05) is 23.3 Å². The zero-order valence-electron chi connectivity index (χ0n) is 13.9. The summed E-state index contributed by atoms with van der Waals surface area (Å²) < 4.78 is 0. The molecule has 0 amide bonds. The maximum atomic E-state index is 11.0. The Morgan fingerprint density at radius 2 is 2.07 bits per heavy atom. The first-order valence-corrected chi connectivity index (χ1v) is 8.01. The number of rotatable bonds is 4. The Morgan fingerprint density at radius 1 is 1.22 bits per heavy atom. The van der Waals surface area contributed by atoms with E-state index in [-0.39, 0.29) is 5.69 Å². The predicted molar refractivity (Wildman–Crippen MR) is 100 cm³/mol. The molecule has 0 bridgehead atoms. The minimum Gasteiger partial charge on any atom is -0.337 e. The molecule has 2 N–H and O–H groups in total. The number of nitrogens with zero attached hydrogens (tertiary/aromatic N) is 4. The van der Waals surface area contributed by atoms with Crippen molar-refractivity contribution in [3.63, 3.8) is 0 Å². The lowest BCUT2D eigenvalue weighted by Crippen LogP contribution is -1.89. The van der Waals surface area contributed by atoms with Crippen molar-refractivity contribution in [3.8, 4) is 17.3 Å². The number of para-hydroxylation sites is 2. The van der Waals surface area contributed by atoms with Crippen LogP contribution < -0.4 is 0 Å². The monoisotopic (exact) mass is 356 g/mol. The first-order chi connectivity index (χ1) is 13.2. The number of imidazole rings is 1. The lowest BCUT2D eigenvalue weighted by Gasteiger charge is -2.01. The summed E-state index contributed by atoms with van der Waals surface area (Å²) in [5, 5.41) is 27.5. The van der Waals surface area contributed by atoms with Crippen LogP contribution in [0.25, 0.3) is 33.9 Å². The Labute approximate surface area is 153 Å². The van der Waals surface area contributed by atoms with Crippen LogP contribution in [0.15, 0.2) is 54.7 Å². The molecule has 27 heavy (non-hydrogen) atoms. The normalized spacial score (nSPS) is 11.4. The second-order valence-corrected chi connectivity index (χ2v) is 5.78. The maximum Gasteiger partial charge on any atom is 0.270 e. The molecule has 8 heteroatoms. The van der Waals surface area contributed by atoms with E-state index in [0.717, 1.165) is 11.0 Å². The third kappa shape index (κ3) is 3.05. The fourth-order valence-electron chi connectivity index (χ4n) is 2.80. The molecule has 4 rings (SSSR count). The van der Waals surface area contributed by atoms with Gasteiger partial charge in [-0.2, -0.15) is 10.4 Å². The highest BCUT2D eigenvalue weighted by Crippen LogP contribution is 2.28. The van der Waals surface area contributed by atoms with Crippen molar-refractivity contribution in [1.29, 1.82) is 5.26 Å². The quantitative estimate of drug-likeness (QED) is 0.326. The topological polar surface area (TPSA) is 124 Å². The van der Waals surface area contributed by atoms with Gasteiger partial charge in [-0.25, -0.2) is 4.98 Å². The highest BCUT2D eigenvalue weighted by molar-refractivity contribution is 5.92. The van der Waals surface area contributed by atoms with Crippen molar-refractivity contribution in [2.75, 3.05) is 0 Å². The van der Waals surface area contributed by atoms with Gasteiger partial charge in [-0.3, -0.25) is 15.2 Å². The molecule has 4 aromatic rings. The molecule has 2 heterocycles. The van der Waals surface area contributed by atoms with E-state index >= 15 is 0 Å². The molecule has 0 saturated carbocycles. The number of nitriles is 1. The van der Waals surface area contributed by atoms with Crippen LogP contribution in [0.4, 0.5) is 5.69 Å². The molecule has 0 aliphatic carbocycles. The Morgan fingerprint density at radius 3 is 2.85 bits per heavy atom. The van der Waals surface area contributed by atoms with E-state index in [1.165, 1.54) is 12.1 Å². The third-order valence-corrected chi connectivity index (χ3v) is 4.08. The van der Waals surface area contributed by atoms with E-state index in [9.17, 15) is 15.4 Å². The molecule has 8 nitrogen and oxygen atoms in total. The molecule has 2 aromatic heterocycles. The summed E-state index contributed by atoms with van der Waals surface area (Å²) in [6, 6.07) is 15.9. The number of aromatic amines is 2. The highest BCUT2D eigenvalue weighted by Gasteiger charge is 2.13. The number of hydrogen-bond acceptors (Lipinski definition) is 5. The number of non-ortho nitro benzene ring substituents is 1. The van der Waals surface area contributed by atoms with Crippen LogP contribution in [0, 0.1) is 21.4 Å². The Balaban J connectivity index is 1.78. The van der Waals surface area contributed by atoms with Gasteiger partial charge in [0.2, 0.25) is 0 Å². The molecular weight excluding hydrogens is 344 g/mol. The van der Waals surface area contributed by atoms with Crippen LogP contribution in [0.5, 0.6) is 0 Å². The van der Waals surface area contributed by atoms with E-state index < -0.39 is 4.92 Å². The number of fused-ring (bicyclic) bond motifs is 1. The van der Waals surface area contributed by atoms with Crippen molar-refractivity contribution >= 4 is 28.4 Å². The lowest BCUT2D eigenvalue weighted by molar-refractivity contribution is -0.384. The van der Waals surface area contributed by atoms with Gasteiger partial charge < -0.3 is 4.98 Å². The van der Waals surface area contributed by atoms with Gasteiger partial charge >= 0.3 is 0 Å². The molecule has 0 aliphatic rings. The Hall–Kier alpha value is -4.25. The summed E-state index contributed by atoms with van der Waals surface area (Å²) in [6.07, 6.45) is 3.21. The molecular formula is C19H12N6O2. The lowest BCUT2D eigenvalue weighted by atomic mass is 10.1. The van der Waals surface area contributed by atoms with E-state index in [1.807, 2.05) is 24.3 Å². The fourth-order valence-corrected chi connectivity index (χ4v) is 2.80. The van der Waals surface area contributed by atoms with Crippen LogP contribution in [0.2, 0.25) is 0 Å². The van der Waals surface area contributed by atoms with Gasteiger partial charge in [-0.15, -0.1) is 0 Å². The van der Waals surface area contributed by atoms with Crippen LogP contribution >= 0.6 is 0 Å². The summed E-state index contributed by atoms with van der Waals surface area (Å²) in [4.78, 5) is 18.1. The van der Waals surface area contributed by atoms with Crippen LogP contribution in [0.3, 0.4) is 0 Å². The van der Waals surface area contributed by atoms with E-state index in [2.05, 4.69) is 26.2 Å². The number of aromatic nitrogens is 4. The standard InChI is InChI=1S/C19H12N6O2/c20-10-13(19-22-16-6-1-2-7-17(16)23-19)8-14-11-21-24-18(14)12-4-3-5-15(9-12)25(26)27/h1-9,11H,(H,21,24)(H,22,23). The average molecular weight is 356 g/mol. The van der Waals surface area contributed by atoms with Crippen LogP contribution in [0.1, 0.15) is 11.4 Å². The van der Waals surface area contributed by atoms with Gasteiger partial charge in [0.05, 0.1) is 33.4 Å². The molecule has 2 aromatic carbocycles. The second-order valence-electron chi connectivity index (χ2n) is 5.78. The number of benzene rings is 2. The molecule has 0 aliphatic heterocycles. The number of nitro groups is 1. The smallest absolute Gasteiger partial charge is 0.270 e. The van der Waals surface area contributed by atoms with E-state index in [4.69, 9.17) is 0 Å². The number of allylic oxidation sites excluding steroid dienone is 1. The van der Waals surface area contributed by atoms with E-state index in [1.54, 1.807) is 24.4 Å². The summed E-state index contributed by atoms with van der Waals surface area (Å²) in [6.45, 7) is 0. The van der Waals surface area contributed by atoms with Crippen molar-refractivity contribution in [3.05, 3.63) is 76.2 Å². The van der Waals surface area contributed by atoms with Crippen molar-refractivity contribution in [2.24, 2.45) is 0 Å². The van der Waals surface area contributed by atoms with Crippen molar-refractivity contribution in [1.82, 2.24) is 20.2 Å². The number of hydrogen-bond donors (Lipinski definition) is 2. The molecule has 0 saturated heterocycles. The molecule has 0 spiro atoms. The minimum atomic E-state index is -0.454. The number of nitrogens with one attached hydrogen (secondary N) is 2. The van der Waals surface area contributed by atoms with E-state index in [0.29, 0.717) is 28.2 Å². The minimum absolute atomic E-state index is 0.0187. The molecule has 0 unspecified atom stereocenters. The first kappa shape index (κ1) is 16.2. The van der Waals surface area contributed by atoms with Gasteiger partial charge in [0.1, 0.15) is 11.9 Å². The van der Waals surface area contributed by atoms with Gasteiger partial charge in [-0.05, 0) is 18.2 Å². The zero-order chi connectivity index (χ0) is 18.8. The number of H-pyrrole nitrogens is 2. The largest absolute Gasteiger partial charge is 0.337 e. The Bertz CT molecular complexity index is 1200. The summed E-state index contributed by atoms with van der Waals surface area (Å²) in [5.41, 5.74) is 3.73. The van der Waals surface area contributed by atoms with Gasteiger partial charge in [0.15, 0.2) is 0 Å². The van der Waals surface area contributed by atoms with Crippen molar-refractivity contribution < 1.29 is 4.92 Å². The molecule has 0 atom stereocenters. The summed E-state index contributed by atoms with van der Waals surface area (Å²) >= 11 is 0. The predicted octanol–water partition coefficient (Wildman–Crippen LogP) is 3.93. The van der Waals surface area contributed by atoms with Crippen LogP contribution in [-0.4, -0.2) is 25.1 Å². The average Bonchev–Trinajstić information content (AvgIpc) is 3.32. The van der Waals surface area contributed by atoms with Crippen molar-refractivity contribution in [2.45, 2.75) is 0 Å². The first-order valence-electron chi connectivity index (χ1n) is 8.01. The summed E-state index contributed by atoms with van der Waals surface area (Å²) in [7, 11) is 0. The fraction of sp³-hybridized carbons (Fsp3) is 0. The van der Waals surface area contributed by atoms with Gasteiger partial charge in [-0.1, -0.05) is 24.3 Å². The SMILES string of the molecule is N#CC(=Cc1cn[nH]c1-c1cccc([N+](=O)[O-])c1)c1nc2ccccc2[nH]1. The van der Waals surface area contributed by atoms with Crippen LogP contribution in [-0.2, 0) is 0 Å². The molecule has 130 valence electrons. The molecule has 0 radical (unpaired) electrons. The third-order valence-electron chi connectivity index (χ3n) is 4.08. The zero-order valence-corrected chi connectivity index (χ0v) is 13.9. The maximum absolute atomic E-state index is 11.0. The second kappa shape index (κ2) is 6.57. The summed E-state index contributed by atoms with van der Waals surface area (Å²) in [5.74, 6) is 0.449. The number of nitro benzene ring substituents is 1.